The number of hydrogen-bond acceptors (Lipinski definition) is 4. The minimum Gasteiger partial charge on any atom is -0.406 e. The summed E-state index contributed by atoms with van der Waals surface area (Å²) in [7, 11) is 0. The molecule has 0 bridgehead atoms. The zero-order valence-corrected chi connectivity index (χ0v) is 14.4. The first-order chi connectivity index (χ1) is 12.8. The lowest BCUT2D eigenvalue weighted by atomic mass is 10.1. The molecule has 1 atom stereocenters. The van der Waals surface area contributed by atoms with Gasteiger partial charge in [-0.05, 0) is 24.1 Å². The van der Waals surface area contributed by atoms with Gasteiger partial charge in [0.2, 0.25) is 11.5 Å². The maximum Gasteiger partial charge on any atom is 0.573 e. The molecule has 2 N–H and O–H groups in total. The Kier molecular flexibility index (Phi) is 5.13. The van der Waals surface area contributed by atoms with Gasteiger partial charge in [-0.1, -0.05) is 19.1 Å². The van der Waals surface area contributed by atoms with Gasteiger partial charge in [0.1, 0.15) is 24.1 Å². The number of carbonyl (C=O) groups is 2. The lowest BCUT2D eigenvalue weighted by molar-refractivity contribution is -0.694. The third-order valence-electron chi connectivity index (χ3n) is 4.09. The fourth-order valence-electron chi connectivity index (χ4n) is 2.88. The maximum absolute atomic E-state index is 12.6. The minimum absolute atomic E-state index is 0.0595. The number of carbonyl (C=O) groups excluding carboxylic acids is 2. The Hall–Kier alpha value is -2.94. The molecule has 6 nitrogen and oxygen atoms in total. The summed E-state index contributed by atoms with van der Waals surface area (Å²) < 4.78 is 40.3. The number of halogens is 3. The van der Waals surface area contributed by atoms with Crippen LogP contribution < -0.4 is 15.0 Å². The second-order valence-corrected chi connectivity index (χ2v) is 6.00. The Morgan fingerprint density at radius 1 is 1.30 bits per heavy atom. The van der Waals surface area contributed by atoms with Gasteiger partial charge in [0.15, 0.2) is 5.78 Å². The topological polar surface area (TPSA) is 72.2 Å². The van der Waals surface area contributed by atoms with E-state index in [-0.39, 0.29) is 30.4 Å². The average Bonchev–Trinajstić information content (AvgIpc) is 2.97. The highest BCUT2D eigenvalue weighted by molar-refractivity contribution is 6.07. The van der Waals surface area contributed by atoms with E-state index in [2.05, 4.69) is 15.0 Å². The number of ketones is 1. The van der Waals surface area contributed by atoms with Gasteiger partial charge in [-0.3, -0.25) is 9.59 Å². The molecule has 1 aromatic rings. The first-order valence-electron chi connectivity index (χ1n) is 8.29. The molecule has 0 saturated carbocycles. The van der Waals surface area contributed by atoms with Crippen molar-refractivity contribution in [3.63, 3.8) is 0 Å². The molecule has 1 unspecified atom stereocenters. The van der Waals surface area contributed by atoms with Crippen LogP contribution in [-0.2, 0) is 16.1 Å². The number of amidine groups is 1. The molecule has 0 radical (unpaired) electrons. The van der Waals surface area contributed by atoms with Gasteiger partial charge in [0.25, 0.3) is 0 Å². The molecule has 1 aromatic carbocycles. The van der Waals surface area contributed by atoms with Crippen LogP contribution in [0.4, 0.5) is 13.2 Å². The third-order valence-corrected chi connectivity index (χ3v) is 4.09. The number of quaternary nitrogens is 1. The molecule has 2 aliphatic rings. The van der Waals surface area contributed by atoms with Crippen LogP contribution >= 0.6 is 0 Å². The van der Waals surface area contributed by atoms with Gasteiger partial charge in [0, 0.05) is 12.6 Å². The molecule has 0 fully saturated rings. The molecular formula is C18H17F3N3O3+. The zero-order valence-electron chi connectivity index (χ0n) is 14.4. The Labute approximate surface area is 153 Å². The van der Waals surface area contributed by atoms with E-state index in [1.54, 1.807) is 6.20 Å². The summed E-state index contributed by atoms with van der Waals surface area (Å²) in [5, 5.41) is 2.74. The average molecular weight is 380 g/mol. The summed E-state index contributed by atoms with van der Waals surface area (Å²) in [5.41, 5.74) is 1.68. The second kappa shape index (κ2) is 7.36. The largest absolute Gasteiger partial charge is 0.573 e. The number of nitrogens with zero attached hydrogens (tertiary/aromatic N) is 1. The van der Waals surface area contributed by atoms with Crippen molar-refractivity contribution in [1.29, 1.82) is 0 Å². The van der Waals surface area contributed by atoms with Crippen LogP contribution in [0.1, 0.15) is 25.3 Å². The lowest BCUT2D eigenvalue weighted by Crippen LogP contribution is -3.09. The van der Waals surface area contributed by atoms with Crippen LogP contribution in [0, 0.1) is 0 Å². The van der Waals surface area contributed by atoms with E-state index in [1.165, 1.54) is 30.3 Å². The summed E-state index contributed by atoms with van der Waals surface area (Å²) in [6.07, 6.45) is -0.996. The molecule has 3 rings (SSSR count). The zero-order chi connectivity index (χ0) is 19.6. The monoisotopic (exact) mass is 380 g/mol. The van der Waals surface area contributed by atoms with E-state index in [0.29, 0.717) is 34.1 Å². The molecule has 1 amide bonds. The molecular weight excluding hydrogens is 363 g/mol. The number of fused-ring (bicyclic) bond motifs is 1. The number of nitrogens with one attached hydrogen (secondary N) is 2. The van der Waals surface area contributed by atoms with Crippen LogP contribution in [0.5, 0.6) is 5.75 Å². The van der Waals surface area contributed by atoms with Gasteiger partial charge in [-0.2, -0.15) is 4.99 Å². The smallest absolute Gasteiger partial charge is 0.406 e. The van der Waals surface area contributed by atoms with Crippen LogP contribution in [0.15, 0.2) is 52.9 Å². The van der Waals surface area contributed by atoms with Crippen LogP contribution in [0.3, 0.4) is 0 Å². The highest BCUT2D eigenvalue weighted by Crippen LogP contribution is 2.22. The SMILES string of the molecule is CCC1=C(C(=O)NCc2ccc(OC(F)(F)F)cc2)[NH+]2C=CC(=O)CC2=N1. The highest BCUT2D eigenvalue weighted by atomic mass is 19.4. The Bertz CT molecular complexity index is 855. The quantitative estimate of drug-likeness (QED) is 0.815. The van der Waals surface area contributed by atoms with Crippen molar-refractivity contribution in [3.8, 4) is 5.75 Å². The number of allylic oxidation sites excluding steroid dienone is 2. The lowest BCUT2D eigenvalue weighted by Gasteiger charge is -2.16. The van der Waals surface area contributed by atoms with E-state index < -0.39 is 6.36 Å². The molecule has 27 heavy (non-hydrogen) atoms. The number of hydrogen-bond donors (Lipinski definition) is 2. The van der Waals surface area contributed by atoms with Crippen LogP contribution in [-0.4, -0.2) is 23.9 Å². The Balaban J connectivity index is 1.65. The number of alkyl halides is 3. The molecule has 0 spiro atoms. The van der Waals surface area contributed by atoms with Crippen LogP contribution in [0.2, 0.25) is 0 Å². The summed E-state index contributed by atoms with van der Waals surface area (Å²) in [5.74, 6) is -0.126. The highest BCUT2D eigenvalue weighted by Gasteiger charge is 2.38. The van der Waals surface area contributed by atoms with E-state index in [0.717, 1.165) is 0 Å². The van der Waals surface area contributed by atoms with Gasteiger partial charge in [0.05, 0.1) is 0 Å². The fraction of sp³-hybridized carbons (Fsp3) is 0.278. The summed E-state index contributed by atoms with van der Waals surface area (Å²) >= 11 is 0. The Morgan fingerprint density at radius 3 is 2.63 bits per heavy atom. The van der Waals surface area contributed by atoms with E-state index in [1.807, 2.05) is 6.92 Å². The first-order valence-corrected chi connectivity index (χ1v) is 8.29. The number of amides is 1. The Morgan fingerprint density at radius 2 is 2.00 bits per heavy atom. The number of benzene rings is 1. The normalized spacial score (nSPS) is 19.0. The van der Waals surface area contributed by atoms with Crippen molar-refractivity contribution in [3.05, 3.63) is 53.5 Å². The van der Waals surface area contributed by atoms with E-state index >= 15 is 0 Å². The number of ether oxygens (including phenoxy) is 1. The first kappa shape index (κ1) is 18.8. The van der Waals surface area contributed by atoms with Crippen molar-refractivity contribution in [2.24, 2.45) is 4.99 Å². The van der Waals surface area contributed by atoms with E-state index in [9.17, 15) is 22.8 Å². The predicted molar refractivity (Wildman–Crippen MR) is 89.5 cm³/mol. The third kappa shape index (κ3) is 4.43. The van der Waals surface area contributed by atoms with Gasteiger partial charge >= 0.3 is 12.3 Å². The van der Waals surface area contributed by atoms with Crippen molar-refractivity contribution in [2.75, 3.05) is 0 Å². The van der Waals surface area contributed by atoms with Crippen molar-refractivity contribution < 1.29 is 32.4 Å². The maximum atomic E-state index is 12.6. The summed E-state index contributed by atoms with van der Waals surface area (Å²) in [6.45, 7) is 2.01. The van der Waals surface area contributed by atoms with Gasteiger partial charge < -0.3 is 10.1 Å². The van der Waals surface area contributed by atoms with Gasteiger partial charge in [-0.25, -0.2) is 4.90 Å². The molecule has 142 valence electrons. The van der Waals surface area contributed by atoms with Gasteiger partial charge in [-0.15, -0.1) is 13.2 Å². The molecule has 0 aromatic heterocycles. The molecule has 2 aliphatic heterocycles. The standard InChI is InChI=1S/C18H16F3N3O3/c1-2-14-16(24-8-7-12(25)9-15(24)23-14)17(26)22-10-11-3-5-13(6-4-11)27-18(19,20)21/h3-8H,2,9-10H2,1H3,(H,22,26)/p+1. The van der Waals surface area contributed by atoms with Crippen LogP contribution in [0.25, 0.3) is 0 Å². The minimum atomic E-state index is -4.74. The van der Waals surface area contributed by atoms with E-state index in [4.69, 9.17) is 0 Å². The molecule has 0 aliphatic carbocycles. The summed E-state index contributed by atoms with van der Waals surface area (Å²) in [6, 6.07) is 5.26. The van der Waals surface area contributed by atoms with Crippen molar-refractivity contribution >= 4 is 17.5 Å². The predicted octanol–water partition coefficient (Wildman–Crippen LogP) is 1.61. The van der Waals surface area contributed by atoms with Crippen molar-refractivity contribution in [2.45, 2.75) is 32.7 Å². The fourth-order valence-corrected chi connectivity index (χ4v) is 2.88. The second-order valence-electron chi connectivity index (χ2n) is 6.00. The summed E-state index contributed by atoms with van der Waals surface area (Å²) in [4.78, 5) is 29.2. The van der Waals surface area contributed by atoms with Crippen molar-refractivity contribution in [1.82, 2.24) is 5.32 Å². The molecule has 9 heteroatoms. The molecule has 0 saturated heterocycles. The molecule has 2 heterocycles. The number of aliphatic imine (C=N–C) groups is 1. The number of rotatable bonds is 5.